The van der Waals surface area contributed by atoms with E-state index in [4.69, 9.17) is 55.9 Å². The molecule has 98 valence electrons. The lowest BCUT2D eigenvalue weighted by Gasteiger charge is -2.28. The third-order valence-corrected chi connectivity index (χ3v) is 4.24. The zero-order valence-electron chi connectivity index (χ0n) is 9.39. The molecule has 2 rings (SSSR count). The minimum absolute atomic E-state index is 0.0108. The fourth-order valence-electron chi connectivity index (χ4n) is 1.53. The summed E-state index contributed by atoms with van der Waals surface area (Å²) in [4.78, 5) is 11.7. The quantitative estimate of drug-likeness (QED) is 0.326. The van der Waals surface area contributed by atoms with Gasteiger partial charge in [0.2, 0.25) is 0 Å². The summed E-state index contributed by atoms with van der Waals surface area (Å²) >= 11 is 23.7. The second-order valence-electron chi connectivity index (χ2n) is 4.12. The van der Waals surface area contributed by atoms with Crippen molar-refractivity contribution in [1.82, 2.24) is 0 Å². The van der Waals surface area contributed by atoms with E-state index in [0.717, 1.165) is 0 Å². The van der Waals surface area contributed by atoms with Crippen LogP contribution in [0.5, 0.6) is 11.5 Å². The number of benzene rings is 1. The summed E-state index contributed by atoms with van der Waals surface area (Å²) in [5.41, 5.74) is 0. The highest BCUT2D eigenvalue weighted by atomic mass is 35.5. The second-order valence-corrected chi connectivity index (χ2v) is 5.63. The summed E-state index contributed by atoms with van der Waals surface area (Å²) in [5, 5.41) is 0.194. The van der Waals surface area contributed by atoms with Gasteiger partial charge >= 0.3 is 5.97 Å². The molecule has 1 atom stereocenters. The van der Waals surface area contributed by atoms with E-state index in [-0.39, 0.29) is 37.5 Å². The van der Waals surface area contributed by atoms with E-state index in [0.29, 0.717) is 0 Å². The molecule has 0 saturated carbocycles. The highest BCUT2D eigenvalue weighted by molar-refractivity contribution is 6.53. The van der Waals surface area contributed by atoms with Crippen molar-refractivity contribution in [3.05, 3.63) is 20.1 Å². The summed E-state index contributed by atoms with van der Waals surface area (Å²) in [7, 11) is 0. The zero-order valence-corrected chi connectivity index (χ0v) is 12.4. The minimum Gasteiger partial charge on any atom is -0.473 e. The molecule has 0 bridgehead atoms. The number of hydrogen-bond acceptors (Lipinski definition) is 3. The lowest BCUT2D eigenvalue weighted by Crippen LogP contribution is -2.39. The number of esters is 1. The Bertz CT molecular complexity index is 528. The van der Waals surface area contributed by atoms with E-state index < -0.39 is 12.1 Å². The van der Waals surface area contributed by atoms with Crippen molar-refractivity contribution < 1.29 is 14.3 Å². The third-order valence-electron chi connectivity index (χ3n) is 2.47. The SMILES string of the molecule is CC(C)C1Oc2c(Cl)c(Cl)c(Cl)c(Cl)c2OC1=O. The van der Waals surface area contributed by atoms with Gasteiger partial charge in [0, 0.05) is 5.92 Å². The molecule has 0 fully saturated rings. The first kappa shape index (κ1) is 14.1. The maximum atomic E-state index is 11.7. The topological polar surface area (TPSA) is 35.5 Å². The Balaban J connectivity index is 2.60. The van der Waals surface area contributed by atoms with Crippen LogP contribution in [0.15, 0.2) is 0 Å². The number of ether oxygens (including phenoxy) is 2. The summed E-state index contributed by atoms with van der Waals surface area (Å²) < 4.78 is 10.6. The van der Waals surface area contributed by atoms with Crippen LogP contribution in [0.1, 0.15) is 13.8 Å². The van der Waals surface area contributed by atoms with Crippen LogP contribution in [-0.2, 0) is 4.79 Å². The molecule has 1 aliphatic heterocycles. The van der Waals surface area contributed by atoms with Crippen molar-refractivity contribution in [2.24, 2.45) is 5.92 Å². The summed E-state index contributed by atoms with van der Waals surface area (Å²) in [6, 6.07) is 0. The molecule has 0 amide bonds. The van der Waals surface area contributed by atoms with Gasteiger partial charge in [-0.2, -0.15) is 0 Å². The maximum absolute atomic E-state index is 11.7. The lowest BCUT2D eigenvalue weighted by atomic mass is 10.1. The van der Waals surface area contributed by atoms with Crippen LogP contribution in [0.2, 0.25) is 20.1 Å². The predicted octanol–water partition coefficient (Wildman–Crippen LogP) is 4.62. The van der Waals surface area contributed by atoms with Gasteiger partial charge in [-0.15, -0.1) is 0 Å². The van der Waals surface area contributed by atoms with Gasteiger partial charge in [0.25, 0.3) is 0 Å². The fourth-order valence-corrected chi connectivity index (χ4v) is 2.43. The van der Waals surface area contributed by atoms with Gasteiger partial charge in [0.1, 0.15) is 10.0 Å². The number of fused-ring (bicyclic) bond motifs is 1. The maximum Gasteiger partial charge on any atom is 0.353 e. The molecule has 1 unspecified atom stereocenters. The molecule has 0 N–H and O–H groups in total. The van der Waals surface area contributed by atoms with Crippen LogP contribution in [-0.4, -0.2) is 12.1 Å². The zero-order chi connectivity index (χ0) is 13.6. The standard InChI is InChI=1S/C11H8Cl4O3/c1-3(2)8-11(16)18-10-7(15)5(13)4(12)6(14)9(10)17-8/h3,8H,1-2H3. The molecule has 0 aliphatic carbocycles. The first-order chi connectivity index (χ1) is 8.34. The molecule has 1 heterocycles. The average Bonchev–Trinajstić information content (AvgIpc) is 2.33. The van der Waals surface area contributed by atoms with E-state index in [1.807, 2.05) is 13.8 Å². The monoisotopic (exact) mass is 328 g/mol. The summed E-state index contributed by atoms with van der Waals surface area (Å²) in [5.74, 6) is -0.448. The second kappa shape index (κ2) is 4.97. The normalized spacial score (nSPS) is 18.4. The highest BCUT2D eigenvalue weighted by Crippen LogP contribution is 2.52. The number of carbonyl (C=O) groups excluding carboxylic acids is 1. The Labute approximate surface area is 124 Å². The molecule has 3 nitrogen and oxygen atoms in total. The van der Waals surface area contributed by atoms with Gasteiger partial charge in [0.05, 0.1) is 10.0 Å². The van der Waals surface area contributed by atoms with Gasteiger partial charge in [-0.3, -0.25) is 0 Å². The fraction of sp³-hybridized carbons (Fsp3) is 0.364. The number of rotatable bonds is 1. The number of carbonyl (C=O) groups is 1. The van der Waals surface area contributed by atoms with Crippen molar-refractivity contribution in [3.8, 4) is 11.5 Å². The van der Waals surface area contributed by atoms with Gasteiger partial charge in [-0.05, 0) is 0 Å². The largest absolute Gasteiger partial charge is 0.473 e. The van der Waals surface area contributed by atoms with Crippen LogP contribution in [0.3, 0.4) is 0 Å². The van der Waals surface area contributed by atoms with Gasteiger partial charge in [-0.1, -0.05) is 60.3 Å². The van der Waals surface area contributed by atoms with E-state index in [1.165, 1.54) is 0 Å². The first-order valence-electron chi connectivity index (χ1n) is 5.08. The Morgan fingerprint density at radius 2 is 1.44 bits per heavy atom. The Kier molecular flexibility index (Phi) is 3.88. The van der Waals surface area contributed by atoms with Crippen molar-refractivity contribution in [2.45, 2.75) is 20.0 Å². The van der Waals surface area contributed by atoms with Gasteiger partial charge < -0.3 is 9.47 Å². The van der Waals surface area contributed by atoms with Crippen LogP contribution in [0.4, 0.5) is 0 Å². The molecule has 1 aromatic carbocycles. The summed E-state index contributed by atoms with van der Waals surface area (Å²) in [6.07, 6.45) is -0.747. The smallest absolute Gasteiger partial charge is 0.353 e. The van der Waals surface area contributed by atoms with Gasteiger partial charge in [0.15, 0.2) is 17.6 Å². The van der Waals surface area contributed by atoms with E-state index >= 15 is 0 Å². The average molecular weight is 330 g/mol. The lowest BCUT2D eigenvalue weighted by molar-refractivity contribution is -0.147. The Morgan fingerprint density at radius 1 is 0.944 bits per heavy atom. The molecule has 0 spiro atoms. The Hall–Kier alpha value is -0.350. The molecule has 7 heteroatoms. The van der Waals surface area contributed by atoms with Crippen LogP contribution in [0, 0.1) is 5.92 Å². The molecular formula is C11H8Cl4O3. The minimum atomic E-state index is -0.747. The molecule has 0 saturated heterocycles. The van der Waals surface area contributed by atoms with Crippen LogP contribution < -0.4 is 9.47 Å². The predicted molar refractivity (Wildman–Crippen MR) is 71.4 cm³/mol. The van der Waals surface area contributed by atoms with Gasteiger partial charge in [-0.25, -0.2) is 4.79 Å². The third kappa shape index (κ3) is 2.14. The molecule has 1 aromatic rings. The van der Waals surface area contributed by atoms with Crippen LogP contribution in [0.25, 0.3) is 0 Å². The van der Waals surface area contributed by atoms with Crippen molar-refractivity contribution in [3.63, 3.8) is 0 Å². The van der Waals surface area contributed by atoms with Crippen LogP contribution >= 0.6 is 46.4 Å². The molecule has 0 radical (unpaired) electrons. The highest BCUT2D eigenvalue weighted by Gasteiger charge is 2.37. The molecular weight excluding hydrogens is 322 g/mol. The van der Waals surface area contributed by atoms with Crippen molar-refractivity contribution in [1.29, 1.82) is 0 Å². The molecule has 0 aromatic heterocycles. The van der Waals surface area contributed by atoms with E-state index in [2.05, 4.69) is 0 Å². The summed E-state index contributed by atoms with van der Waals surface area (Å²) in [6.45, 7) is 3.65. The molecule has 18 heavy (non-hydrogen) atoms. The molecule has 1 aliphatic rings. The van der Waals surface area contributed by atoms with E-state index in [1.54, 1.807) is 0 Å². The first-order valence-corrected chi connectivity index (χ1v) is 6.60. The van der Waals surface area contributed by atoms with Crippen molar-refractivity contribution in [2.75, 3.05) is 0 Å². The number of hydrogen-bond donors (Lipinski definition) is 0. The van der Waals surface area contributed by atoms with Crippen molar-refractivity contribution >= 4 is 52.4 Å². The number of halogens is 4. The Morgan fingerprint density at radius 3 is 1.94 bits per heavy atom. The van der Waals surface area contributed by atoms with E-state index in [9.17, 15) is 4.79 Å².